The third kappa shape index (κ3) is 4.16. The quantitative estimate of drug-likeness (QED) is 0.165. The van der Waals surface area contributed by atoms with Crippen LogP contribution in [-0.4, -0.2) is 0 Å². The van der Waals surface area contributed by atoms with Crippen molar-refractivity contribution in [2.45, 2.75) is 0 Å². The molecule has 0 unspecified atom stereocenters. The lowest BCUT2D eigenvalue weighted by Crippen LogP contribution is -1.97. The molecule has 2 aliphatic carbocycles. The van der Waals surface area contributed by atoms with E-state index in [-0.39, 0.29) is 0 Å². The van der Waals surface area contributed by atoms with E-state index in [1.54, 1.807) is 0 Å². The first kappa shape index (κ1) is 29.0. The molecule has 240 valence electrons. The molecule has 0 nitrogen and oxygen atoms in total. The van der Waals surface area contributed by atoms with Crippen LogP contribution >= 0.6 is 0 Å². The van der Waals surface area contributed by atoms with Gasteiger partial charge in [-0.3, -0.25) is 0 Å². The number of benzene rings is 9. The van der Waals surface area contributed by atoms with Crippen molar-refractivity contribution in [3.8, 4) is 0 Å². The molecule has 0 fully saturated rings. The minimum absolute atomic E-state index is 1.23. The van der Waals surface area contributed by atoms with Crippen molar-refractivity contribution in [1.29, 1.82) is 0 Å². The van der Waals surface area contributed by atoms with Gasteiger partial charge in [0.1, 0.15) is 0 Å². The predicted molar refractivity (Wildman–Crippen MR) is 222 cm³/mol. The standard InChI is InChI=1S/C52H32/c1-3-17-35(18-4-1)47-45-23-11-12-24-46(45)50-48(36-19-5-2-6-20-36)49(43-27-13-25-39-37-21-9-7-15-33(37)29-31-41(39)43)51(52(47)50)44-28-14-26-40-38-22-10-8-16-34(38)30-32-42(40)44/h1-32H. The molecule has 9 aromatic carbocycles. The number of allylic oxidation sites excluding steroid dienone is 5. The summed E-state index contributed by atoms with van der Waals surface area (Å²) in [5.74, 6) is 0. The second-order valence-corrected chi connectivity index (χ2v) is 13.9. The fraction of sp³-hybridized carbons (Fsp3) is 0. The zero-order valence-electron chi connectivity index (χ0n) is 28.5. The Hall–Kier alpha value is -6.76. The van der Waals surface area contributed by atoms with E-state index in [1.165, 1.54) is 110 Å². The molecule has 0 aromatic heterocycles. The predicted octanol–water partition coefficient (Wildman–Crippen LogP) is 13.7. The Morgan fingerprint density at radius 1 is 0.173 bits per heavy atom. The number of hydrogen-bond donors (Lipinski definition) is 0. The molecule has 9 aromatic rings. The Balaban J connectivity index is 1.37. The largest absolute Gasteiger partial charge is 0.0622 e. The van der Waals surface area contributed by atoms with Crippen molar-refractivity contribution in [3.05, 3.63) is 233 Å². The maximum atomic E-state index is 2.36. The molecule has 52 heavy (non-hydrogen) atoms. The molecule has 0 bridgehead atoms. The van der Waals surface area contributed by atoms with Gasteiger partial charge >= 0.3 is 0 Å². The third-order valence-electron chi connectivity index (χ3n) is 11.2. The van der Waals surface area contributed by atoms with Gasteiger partial charge in [0.2, 0.25) is 0 Å². The van der Waals surface area contributed by atoms with E-state index in [4.69, 9.17) is 0 Å². The van der Waals surface area contributed by atoms with Crippen LogP contribution in [-0.2, 0) is 0 Å². The van der Waals surface area contributed by atoms with Gasteiger partial charge in [-0.15, -0.1) is 0 Å². The van der Waals surface area contributed by atoms with E-state index in [9.17, 15) is 0 Å². The van der Waals surface area contributed by atoms with E-state index in [1.807, 2.05) is 0 Å². The monoisotopic (exact) mass is 656 g/mol. The van der Waals surface area contributed by atoms with Gasteiger partial charge in [-0.25, -0.2) is 0 Å². The first-order valence-electron chi connectivity index (χ1n) is 18.1. The van der Waals surface area contributed by atoms with Crippen molar-refractivity contribution < 1.29 is 0 Å². The van der Waals surface area contributed by atoms with Gasteiger partial charge in [0.05, 0.1) is 0 Å². The molecule has 0 spiro atoms. The van der Waals surface area contributed by atoms with Gasteiger partial charge in [0.25, 0.3) is 0 Å². The van der Waals surface area contributed by atoms with Gasteiger partial charge < -0.3 is 0 Å². The summed E-state index contributed by atoms with van der Waals surface area (Å²) in [6.45, 7) is 0. The Morgan fingerprint density at radius 2 is 0.558 bits per heavy atom. The number of hydrogen-bond acceptors (Lipinski definition) is 0. The summed E-state index contributed by atoms with van der Waals surface area (Å²) in [5.41, 5.74) is 15.4. The second-order valence-electron chi connectivity index (χ2n) is 13.9. The van der Waals surface area contributed by atoms with E-state index < -0.39 is 0 Å². The first-order valence-corrected chi connectivity index (χ1v) is 18.1. The van der Waals surface area contributed by atoms with Crippen molar-refractivity contribution in [3.63, 3.8) is 0 Å². The van der Waals surface area contributed by atoms with Crippen molar-refractivity contribution in [1.82, 2.24) is 0 Å². The van der Waals surface area contributed by atoms with Crippen LogP contribution in [0.2, 0.25) is 0 Å². The van der Waals surface area contributed by atoms with Crippen LogP contribution in [0.1, 0.15) is 33.4 Å². The van der Waals surface area contributed by atoms with Gasteiger partial charge in [0, 0.05) is 0 Å². The average Bonchev–Trinajstić information content (AvgIpc) is 3.73. The maximum Gasteiger partial charge on any atom is -0.000116 e. The topological polar surface area (TPSA) is 0 Å². The number of rotatable bonds is 4. The molecule has 0 N–H and O–H groups in total. The molecule has 0 radical (unpaired) electrons. The molecule has 0 saturated carbocycles. The fourth-order valence-corrected chi connectivity index (χ4v) is 9.05. The van der Waals surface area contributed by atoms with Crippen LogP contribution in [0.15, 0.2) is 200 Å². The van der Waals surface area contributed by atoms with Crippen LogP contribution < -0.4 is 0 Å². The highest BCUT2D eigenvalue weighted by atomic mass is 14.4. The molecule has 0 amide bonds. The second kappa shape index (κ2) is 11.4. The molecular formula is C52H32. The highest BCUT2D eigenvalue weighted by Crippen LogP contribution is 2.62. The lowest BCUT2D eigenvalue weighted by molar-refractivity contribution is 1.54. The summed E-state index contributed by atoms with van der Waals surface area (Å²) < 4.78 is 0. The van der Waals surface area contributed by atoms with Crippen LogP contribution in [0.4, 0.5) is 0 Å². The Morgan fingerprint density at radius 3 is 1.12 bits per heavy atom. The van der Waals surface area contributed by atoms with E-state index >= 15 is 0 Å². The first-order chi connectivity index (χ1) is 25.8. The van der Waals surface area contributed by atoms with E-state index in [0.29, 0.717) is 0 Å². The molecule has 2 aliphatic rings. The Kier molecular flexibility index (Phi) is 6.35. The van der Waals surface area contributed by atoms with Crippen molar-refractivity contribution in [2.24, 2.45) is 0 Å². The Bertz CT molecular complexity index is 3030. The summed E-state index contributed by atoms with van der Waals surface area (Å²) in [5, 5.41) is 10.2. The minimum Gasteiger partial charge on any atom is -0.0622 e. The SMILES string of the molecule is c1ccc(C2=C3C(=C(c4ccccc4)c4ccccc43)C(c3cccc4c3ccc3ccccc34)=C2c2cccc3c2ccc2ccccc23)cc1. The summed E-state index contributed by atoms with van der Waals surface area (Å²) in [6.07, 6.45) is 0. The van der Waals surface area contributed by atoms with Gasteiger partial charge in [0.15, 0.2) is 0 Å². The zero-order chi connectivity index (χ0) is 34.2. The van der Waals surface area contributed by atoms with Gasteiger partial charge in [-0.05, 0) is 110 Å². The highest BCUT2D eigenvalue weighted by molar-refractivity contribution is 6.41. The van der Waals surface area contributed by atoms with Crippen molar-refractivity contribution >= 4 is 71.0 Å². The lowest BCUT2D eigenvalue weighted by Gasteiger charge is -2.20. The van der Waals surface area contributed by atoms with E-state index in [2.05, 4.69) is 194 Å². The summed E-state index contributed by atoms with van der Waals surface area (Å²) in [7, 11) is 0. The average molecular weight is 657 g/mol. The normalized spacial score (nSPS) is 13.9. The molecule has 0 atom stereocenters. The molecule has 0 heteroatoms. The maximum absolute atomic E-state index is 2.36. The summed E-state index contributed by atoms with van der Waals surface area (Å²) in [6, 6.07) is 71.8. The fourth-order valence-electron chi connectivity index (χ4n) is 9.05. The summed E-state index contributed by atoms with van der Waals surface area (Å²) >= 11 is 0. The van der Waals surface area contributed by atoms with Crippen LogP contribution in [0.3, 0.4) is 0 Å². The van der Waals surface area contributed by atoms with Gasteiger partial charge in [-0.2, -0.15) is 0 Å². The molecule has 0 aliphatic heterocycles. The van der Waals surface area contributed by atoms with Crippen LogP contribution in [0, 0.1) is 0 Å². The molecule has 0 saturated heterocycles. The van der Waals surface area contributed by atoms with E-state index in [0.717, 1.165) is 0 Å². The highest BCUT2D eigenvalue weighted by Gasteiger charge is 2.40. The molecule has 11 rings (SSSR count). The smallest absolute Gasteiger partial charge is 0.000116 e. The summed E-state index contributed by atoms with van der Waals surface area (Å²) in [4.78, 5) is 0. The molecular weight excluding hydrogens is 625 g/mol. The zero-order valence-corrected chi connectivity index (χ0v) is 28.5. The van der Waals surface area contributed by atoms with Crippen LogP contribution in [0.25, 0.3) is 71.0 Å². The lowest BCUT2D eigenvalue weighted by atomic mass is 9.83. The minimum atomic E-state index is 1.23. The third-order valence-corrected chi connectivity index (χ3v) is 11.2. The number of fused-ring (bicyclic) bond motifs is 9. The van der Waals surface area contributed by atoms with Crippen molar-refractivity contribution in [2.75, 3.05) is 0 Å². The Labute approximate surface area is 302 Å². The molecule has 0 heterocycles. The van der Waals surface area contributed by atoms with Crippen LogP contribution in [0.5, 0.6) is 0 Å². The van der Waals surface area contributed by atoms with Gasteiger partial charge in [-0.1, -0.05) is 194 Å².